The first kappa shape index (κ1) is 17.0. The van der Waals surface area contributed by atoms with E-state index in [1.54, 1.807) is 0 Å². The molecule has 2 aromatic carbocycles. The van der Waals surface area contributed by atoms with Crippen LogP contribution in [0.25, 0.3) is 0 Å². The van der Waals surface area contributed by atoms with Crippen molar-refractivity contribution in [3.05, 3.63) is 74.7 Å². The number of fused-ring (bicyclic) bond motifs is 1. The fourth-order valence-corrected chi connectivity index (χ4v) is 3.84. The van der Waals surface area contributed by atoms with Crippen LogP contribution in [0.2, 0.25) is 0 Å². The summed E-state index contributed by atoms with van der Waals surface area (Å²) in [5, 5.41) is 3.74. The van der Waals surface area contributed by atoms with E-state index in [9.17, 15) is 0 Å². The van der Waals surface area contributed by atoms with Gasteiger partial charge in [-0.15, -0.1) is 0 Å². The van der Waals surface area contributed by atoms with Crippen molar-refractivity contribution in [2.24, 2.45) is 5.41 Å². The number of rotatable bonds is 2. The summed E-state index contributed by atoms with van der Waals surface area (Å²) >= 11 is 2.36. The number of hydrogen-bond acceptors (Lipinski definition) is 1. The Morgan fingerprint density at radius 2 is 1.78 bits per heavy atom. The monoisotopic (exact) mass is 418 g/mol. The summed E-state index contributed by atoms with van der Waals surface area (Å²) in [6.07, 6.45) is 3.46. The van der Waals surface area contributed by atoms with E-state index in [0.29, 0.717) is 0 Å². The maximum Gasteiger partial charge on any atom is 0.0664 e. The summed E-state index contributed by atoms with van der Waals surface area (Å²) in [6.45, 7) is 10.1. The summed E-state index contributed by atoms with van der Waals surface area (Å²) in [6, 6.07) is 15.8. The minimum absolute atomic E-state index is 0.0990. The van der Waals surface area contributed by atoms with Crippen molar-refractivity contribution in [2.75, 3.05) is 6.54 Å². The van der Waals surface area contributed by atoms with Crippen LogP contribution >= 0.6 is 22.6 Å². The van der Waals surface area contributed by atoms with Crippen LogP contribution in [0.15, 0.2) is 42.5 Å². The van der Waals surface area contributed by atoms with E-state index in [-0.39, 0.29) is 11.0 Å². The van der Waals surface area contributed by atoms with Gasteiger partial charge in [-0.25, -0.2) is 0 Å². The van der Waals surface area contributed by atoms with Crippen LogP contribution in [-0.4, -0.2) is 6.54 Å². The zero-order valence-electron chi connectivity index (χ0n) is 14.4. The van der Waals surface area contributed by atoms with Crippen LogP contribution < -0.4 is 5.32 Å². The van der Waals surface area contributed by atoms with Crippen molar-refractivity contribution in [3.63, 3.8) is 0 Å². The zero-order valence-corrected chi connectivity index (χ0v) is 16.6. The molecule has 1 N–H and O–H groups in total. The van der Waals surface area contributed by atoms with Gasteiger partial charge in [0, 0.05) is 10.1 Å². The molecule has 121 valence electrons. The normalized spacial score (nSPS) is 21.1. The lowest BCUT2D eigenvalue weighted by atomic mass is 9.77. The number of hydrogen-bond donors (Lipinski definition) is 1. The molecule has 0 spiro atoms. The molecule has 1 heterocycles. The fraction of sp³-hybridized carbons (Fsp3) is 0.381. The number of nitrogens with one attached hydrogen (secondary N) is 1. The molecule has 1 radical (unpaired) electrons. The van der Waals surface area contributed by atoms with Crippen molar-refractivity contribution in [1.82, 2.24) is 5.32 Å². The Hall–Kier alpha value is -0.870. The topological polar surface area (TPSA) is 12.0 Å². The summed E-state index contributed by atoms with van der Waals surface area (Å²) < 4.78 is 1.28. The van der Waals surface area contributed by atoms with Gasteiger partial charge in [0.1, 0.15) is 0 Å². The molecule has 1 aliphatic heterocycles. The van der Waals surface area contributed by atoms with Crippen molar-refractivity contribution in [2.45, 2.75) is 39.7 Å². The molecule has 0 aromatic heterocycles. The van der Waals surface area contributed by atoms with Gasteiger partial charge in [-0.2, -0.15) is 0 Å². The highest BCUT2D eigenvalue weighted by atomic mass is 127. The first-order valence-corrected chi connectivity index (χ1v) is 9.36. The summed E-state index contributed by atoms with van der Waals surface area (Å²) in [7, 11) is 0. The maximum atomic E-state index is 3.74. The van der Waals surface area contributed by atoms with Crippen LogP contribution in [0, 0.1) is 15.4 Å². The Morgan fingerprint density at radius 3 is 2.43 bits per heavy atom. The molecule has 0 bridgehead atoms. The molecule has 2 aromatic rings. The second-order valence-corrected chi connectivity index (χ2v) is 8.98. The Labute approximate surface area is 154 Å². The molecule has 0 saturated heterocycles. The summed E-state index contributed by atoms with van der Waals surface area (Å²) in [4.78, 5) is 0. The van der Waals surface area contributed by atoms with Gasteiger partial charge >= 0.3 is 0 Å². The SMILES string of the molecule is CC(C)(C)[CH]c1ccc2c(c1)CCNC2(C)c1ccc(I)cc1. The van der Waals surface area contributed by atoms with Crippen LogP contribution in [-0.2, 0) is 12.0 Å². The molecule has 1 unspecified atom stereocenters. The molecule has 0 saturated carbocycles. The minimum Gasteiger partial charge on any atom is -0.304 e. The van der Waals surface area contributed by atoms with Gasteiger partial charge in [-0.1, -0.05) is 51.1 Å². The highest BCUT2D eigenvalue weighted by molar-refractivity contribution is 14.1. The first-order valence-electron chi connectivity index (χ1n) is 8.28. The standard InChI is InChI=1S/C21H25IN/c1-20(2,3)14-15-5-10-19-16(13-15)11-12-23-21(19,4)17-6-8-18(22)9-7-17/h5-10,13-14,23H,11-12H2,1-4H3. The van der Waals surface area contributed by atoms with E-state index >= 15 is 0 Å². The van der Waals surface area contributed by atoms with Crippen LogP contribution in [0.1, 0.15) is 49.9 Å². The lowest BCUT2D eigenvalue weighted by molar-refractivity contribution is 0.414. The molecular weight excluding hydrogens is 393 g/mol. The van der Waals surface area contributed by atoms with E-state index in [1.165, 1.54) is 25.8 Å². The molecule has 1 atom stereocenters. The molecule has 0 amide bonds. The van der Waals surface area contributed by atoms with Gasteiger partial charge in [0.15, 0.2) is 0 Å². The maximum absolute atomic E-state index is 3.74. The minimum atomic E-state index is -0.0990. The largest absolute Gasteiger partial charge is 0.304 e. The highest BCUT2D eigenvalue weighted by Crippen LogP contribution is 2.36. The lowest BCUT2D eigenvalue weighted by Gasteiger charge is -2.38. The van der Waals surface area contributed by atoms with Crippen LogP contribution in [0.3, 0.4) is 0 Å². The number of halogens is 1. The average Bonchev–Trinajstić information content (AvgIpc) is 2.46. The second kappa shape index (κ2) is 6.21. The Balaban J connectivity index is 2.00. The van der Waals surface area contributed by atoms with E-state index in [4.69, 9.17) is 0 Å². The molecule has 0 fully saturated rings. The highest BCUT2D eigenvalue weighted by Gasteiger charge is 2.33. The van der Waals surface area contributed by atoms with Crippen molar-refractivity contribution in [3.8, 4) is 0 Å². The van der Waals surface area contributed by atoms with Gasteiger partial charge in [0.25, 0.3) is 0 Å². The van der Waals surface area contributed by atoms with E-state index in [2.05, 4.69) is 104 Å². The molecule has 0 aliphatic carbocycles. The number of benzene rings is 2. The lowest BCUT2D eigenvalue weighted by Crippen LogP contribution is -2.45. The molecule has 23 heavy (non-hydrogen) atoms. The Kier molecular flexibility index (Phi) is 4.58. The molecule has 2 heteroatoms. The fourth-order valence-electron chi connectivity index (χ4n) is 3.48. The molecule has 3 rings (SSSR count). The van der Waals surface area contributed by atoms with E-state index in [0.717, 1.165) is 13.0 Å². The van der Waals surface area contributed by atoms with Gasteiger partial charge < -0.3 is 5.32 Å². The van der Waals surface area contributed by atoms with Crippen molar-refractivity contribution in [1.29, 1.82) is 0 Å². The third-order valence-corrected chi connectivity index (χ3v) is 5.28. The quantitative estimate of drug-likeness (QED) is 0.653. The Bertz CT molecular complexity index is 697. The van der Waals surface area contributed by atoms with Crippen LogP contribution in [0.5, 0.6) is 0 Å². The van der Waals surface area contributed by atoms with Gasteiger partial charge in [-0.3, -0.25) is 0 Å². The van der Waals surface area contributed by atoms with E-state index in [1.807, 2.05) is 0 Å². The smallest absolute Gasteiger partial charge is 0.0664 e. The first-order chi connectivity index (χ1) is 10.8. The summed E-state index contributed by atoms with van der Waals surface area (Å²) in [5.74, 6) is 0. The predicted molar refractivity (Wildman–Crippen MR) is 107 cm³/mol. The van der Waals surface area contributed by atoms with Crippen molar-refractivity contribution < 1.29 is 0 Å². The Morgan fingerprint density at radius 1 is 1.09 bits per heavy atom. The molecule has 1 aliphatic rings. The van der Waals surface area contributed by atoms with Gasteiger partial charge in [0.05, 0.1) is 5.54 Å². The third kappa shape index (κ3) is 3.63. The molecular formula is C21H25IN. The van der Waals surface area contributed by atoms with Gasteiger partial charge in [0.2, 0.25) is 0 Å². The van der Waals surface area contributed by atoms with Crippen molar-refractivity contribution >= 4 is 22.6 Å². The predicted octanol–water partition coefficient (Wildman–Crippen LogP) is 5.30. The second-order valence-electron chi connectivity index (χ2n) is 7.74. The van der Waals surface area contributed by atoms with Crippen LogP contribution in [0.4, 0.5) is 0 Å². The van der Waals surface area contributed by atoms with E-state index < -0.39 is 0 Å². The average molecular weight is 418 g/mol. The third-order valence-electron chi connectivity index (χ3n) is 4.56. The zero-order chi connectivity index (χ0) is 16.7. The van der Waals surface area contributed by atoms with Gasteiger partial charge in [-0.05, 0) is 82.2 Å². The summed E-state index contributed by atoms with van der Waals surface area (Å²) in [5.41, 5.74) is 5.67. The molecule has 1 nitrogen and oxygen atoms in total.